The molecule has 0 saturated carbocycles. The van der Waals surface area contributed by atoms with Gasteiger partial charge >= 0.3 is 0 Å². The van der Waals surface area contributed by atoms with E-state index < -0.39 is 0 Å². The summed E-state index contributed by atoms with van der Waals surface area (Å²) >= 11 is 0. The van der Waals surface area contributed by atoms with E-state index in [9.17, 15) is 4.79 Å². The van der Waals surface area contributed by atoms with Crippen LogP contribution in [0.1, 0.15) is 35.8 Å². The highest BCUT2D eigenvalue weighted by Crippen LogP contribution is 2.22. The third kappa shape index (κ3) is 4.72. The Morgan fingerprint density at radius 2 is 1.87 bits per heavy atom. The number of benzene rings is 1. The Labute approximate surface area is 179 Å². The van der Waals surface area contributed by atoms with Crippen molar-refractivity contribution in [3.63, 3.8) is 0 Å². The molecule has 0 aliphatic carbocycles. The Hall–Kier alpha value is -4.14. The summed E-state index contributed by atoms with van der Waals surface area (Å²) < 4.78 is 1.95. The van der Waals surface area contributed by atoms with Crippen LogP contribution in [-0.4, -0.2) is 35.9 Å². The second-order valence-corrected chi connectivity index (χ2v) is 7.18. The van der Waals surface area contributed by atoms with Gasteiger partial charge < -0.3 is 4.57 Å². The van der Waals surface area contributed by atoms with Crippen LogP contribution < -0.4 is 10.4 Å². The fraction of sp³-hybridized carbons (Fsp3) is 0.182. The van der Waals surface area contributed by atoms with Crippen molar-refractivity contribution in [2.45, 2.75) is 26.4 Å². The first-order valence-electron chi connectivity index (χ1n) is 9.88. The molecule has 1 amide bonds. The van der Waals surface area contributed by atoms with E-state index in [0.717, 1.165) is 5.56 Å². The van der Waals surface area contributed by atoms with Crippen LogP contribution in [0.3, 0.4) is 0 Å². The lowest BCUT2D eigenvalue weighted by Gasteiger charge is -2.25. The summed E-state index contributed by atoms with van der Waals surface area (Å²) in [5.41, 5.74) is 5.04. The maximum absolute atomic E-state index is 12.8. The van der Waals surface area contributed by atoms with Crippen LogP contribution in [0.25, 0.3) is 11.5 Å². The van der Waals surface area contributed by atoms with Gasteiger partial charge in [-0.2, -0.15) is 10.2 Å². The summed E-state index contributed by atoms with van der Waals surface area (Å²) in [7, 11) is 0. The molecule has 0 unspecified atom stereocenters. The van der Waals surface area contributed by atoms with Gasteiger partial charge in [-0.05, 0) is 49.7 Å². The molecule has 4 aromatic rings. The molecule has 1 aromatic carbocycles. The van der Waals surface area contributed by atoms with Crippen LogP contribution in [0.2, 0.25) is 0 Å². The minimum atomic E-state index is -0.236. The molecule has 9 nitrogen and oxygen atoms in total. The van der Waals surface area contributed by atoms with Gasteiger partial charge in [-0.15, -0.1) is 10.2 Å². The van der Waals surface area contributed by atoms with Gasteiger partial charge in [0.25, 0.3) is 5.91 Å². The van der Waals surface area contributed by atoms with Crippen molar-refractivity contribution >= 4 is 11.7 Å². The molecule has 0 aliphatic rings. The van der Waals surface area contributed by atoms with Crippen molar-refractivity contribution in [2.75, 3.05) is 5.01 Å². The van der Waals surface area contributed by atoms with E-state index in [-0.39, 0.29) is 11.9 Å². The van der Waals surface area contributed by atoms with E-state index in [1.807, 2.05) is 47.0 Å². The first kappa shape index (κ1) is 20.1. The molecule has 0 atom stereocenters. The predicted molar refractivity (Wildman–Crippen MR) is 116 cm³/mol. The molecule has 3 heterocycles. The van der Waals surface area contributed by atoms with Gasteiger partial charge in [0.15, 0.2) is 5.82 Å². The number of rotatable bonds is 7. The molecule has 0 aliphatic heterocycles. The van der Waals surface area contributed by atoms with Crippen LogP contribution in [0.15, 0.2) is 73.3 Å². The van der Waals surface area contributed by atoms with Crippen molar-refractivity contribution in [3.05, 3.63) is 84.4 Å². The second kappa shape index (κ2) is 9.12. The molecule has 0 bridgehead atoms. The molecule has 156 valence electrons. The van der Waals surface area contributed by atoms with Crippen molar-refractivity contribution in [3.8, 4) is 11.5 Å². The van der Waals surface area contributed by atoms with E-state index in [1.54, 1.807) is 35.9 Å². The quantitative estimate of drug-likeness (QED) is 0.464. The zero-order chi connectivity index (χ0) is 21.6. The summed E-state index contributed by atoms with van der Waals surface area (Å²) in [5.74, 6) is 0.994. The third-order valence-corrected chi connectivity index (χ3v) is 4.63. The van der Waals surface area contributed by atoms with Crippen molar-refractivity contribution < 1.29 is 4.79 Å². The highest BCUT2D eigenvalue weighted by Gasteiger charge is 2.17. The van der Waals surface area contributed by atoms with Gasteiger partial charge in [0.1, 0.15) is 17.8 Å². The lowest BCUT2D eigenvalue weighted by Crippen LogP contribution is -2.42. The Bertz CT molecular complexity index is 1140. The zero-order valence-electron chi connectivity index (χ0n) is 17.3. The molecule has 0 radical (unpaired) electrons. The van der Waals surface area contributed by atoms with E-state index in [4.69, 9.17) is 4.98 Å². The summed E-state index contributed by atoms with van der Waals surface area (Å²) in [6, 6.07) is 16.6. The number of hydrazine groups is 1. The van der Waals surface area contributed by atoms with Crippen molar-refractivity contribution in [1.82, 2.24) is 35.4 Å². The monoisotopic (exact) mass is 414 g/mol. The van der Waals surface area contributed by atoms with E-state index in [1.165, 1.54) is 0 Å². The summed E-state index contributed by atoms with van der Waals surface area (Å²) in [4.78, 5) is 17.6. The number of aromatic nitrogens is 6. The first-order valence-corrected chi connectivity index (χ1v) is 9.88. The molecule has 9 heteroatoms. The minimum Gasteiger partial charge on any atom is -0.310 e. The average molecular weight is 414 g/mol. The SMILES string of the molecule is CC(C)n1cnnc1-c1cccc(N(Cc2ccnnc2)NC(=O)c2ccccc2)n1. The number of carbonyl (C=O) groups excluding carboxylic acids is 1. The van der Waals surface area contributed by atoms with Gasteiger partial charge in [0.05, 0.1) is 12.7 Å². The van der Waals surface area contributed by atoms with Crippen LogP contribution in [0, 0.1) is 0 Å². The van der Waals surface area contributed by atoms with Gasteiger partial charge in [-0.1, -0.05) is 24.3 Å². The normalized spacial score (nSPS) is 10.8. The number of carbonyl (C=O) groups is 1. The first-order chi connectivity index (χ1) is 15.1. The average Bonchev–Trinajstić information content (AvgIpc) is 3.30. The van der Waals surface area contributed by atoms with E-state index in [2.05, 4.69) is 39.7 Å². The lowest BCUT2D eigenvalue weighted by molar-refractivity contribution is 0.0948. The van der Waals surface area contributed by atoms with Crippen LogP contribution >= 0.6 is 0 Å². The highest BCUT2D eigenvalue weighted by atomic mass is 16.2. The van der Waals surface area contributed by atoms with Crippen molar-refractivity contribution in [2.24, 2.45) is 0 Å². The highest BCUT2D eigenvalue weighted by molar-refractivity contribution is 5.95. The molecule has 1 N–H and O–H groups in total. The number of hydrogen-bond donors (Lipinski definition) is 1. The number of nitrogens with zero attached hydrogens (tertiary/aromatic N) is 7. The minimum absolute atomic E-state index is 0.187. The molecule has 0 spiro atoms. The van der Waals surface area contributed by atoms with E-state index in [0.29, 0.717) is 29.4 Å². The molecule has 3 aromatic heterocycles. The number of hydrogen-bond acceptors (Lipinski definition) is 7. The maximum atomic E-state index is 12.8. The molecule has 4 rings (SSSR count). The topological polar surface area (TPSA) is 102 Å². The van der Waals surface area contributed by atoms with Gasteiger partial charge in [0, 0.05) is 17.8 Å². The summed E-state index contributed by atoms with van der Waals surface area (Å²) in [6.07, 6.45) is 4.95. The predicted octanol–water partition coefficient (Wildman–Crippen LogP) is 3.06. The largest absolute Gasteiger partial charge is 0.310 e. The molecular formula is C22H22N8O. The second-order valence-electron chi connectivity index (χ2n) is 7.18. The fourth-order valence-electron chi connectivity index (χ4n) is 3.05. The zero-order valence-corrected chi connectivity index (χ0v) is 17.3. The lowest BCUT2D eigenvalue weighted by atomic mass is 10.2. The maximum Gasteiger partial charge on any atom is 0.269 e. The summed E-state index contributed by atoms with van der Waals surface area (Å²) in [5, 5.41) is 17.7. The molecular weight excluding hydrogens is 392 g/mol. The van der Waals surface area contributed by atoms with Crippen molar-refractivity contribution in [1.29, 1.82) is 0 Å². The number of anilines is 1. The van der Waals surface area contributed by atoms with E-state index >= 15 is 0 Å². The fourth-order valence-corrected chi connectivity index (χ4v) is 3.05. The smallest absolute Gasteiger partial charge is 0.269 e. The standard InChI is InChI=1S/C22H22N8O/c1-16(2)29-15-25-27-21(29)19-9-6-10-20(26-19)30(14-17-11-12-23-24-13-17)28-22(31)18-7-4-3-5-8-18/h3-13,15-16H,14H2,1-2H3,(H,28,31). The van der Waals surface area contributed by atoms with Gasteiger partial charge in [0.2, 0.25) is 0 Å². The molecule has 31 heavy (non-hydrogen) atoms. The number of pyridine rings is 1. The summed E-state index contributed by atoms with van der Waals surface area (Å²) in [6.45, 7) is 4.47. The van der Waals surface area contributed by atoms with Crippen LogP contribution in [-0.2, 0) is 6.54 Å². The Balaban J connectivity index is 1.68. The Morgan fingerprint density at radius 1 is 1.03 bits per heavy atom. The van der Waals surface area contributed by atoms with Crippen LogP contribution in [0.5, 0.6) is 0 Å². The Morgan fingerprint density at radius 3 is 2.61 bits per heavy atom. The molecule has 0 fully saturated rings. The van der Waals surface area contributed by atoms with Gasteiger partial charge in [-0.3, -0.25) is 15.2 Å². The van der Waals surface area contributed by atoms with Crippen LogP contribution in [0.4, 0.5) is 5.82 Å². The Kier molecular flexibility index (Phi) is 5.93. The molecule has 0 saturated heterocycles. The number of amides is 1. The number of nitrogens with one attached hydrogen (secondary N) is 1. The van der Waals surface area contributed by atoms with Gasteiger partial charge in [-0.25, -0.2) is 4.98 Å². The third-order valence-electron chi connectivity index (χ3n) is 4.63.